The maximum atomic E-state index is 12.7. The van der Waals surface area contributed by atoms with Crippen LogP contribution in [-0.2, 0) is 4.79 Å². The van der Waals surface area contributed by atoms with Crippen molar-refractivity contribution in [1.82, 2.24) is 20.2 Å². The number of fused-ring (bicyclic) bond motifs is 1. The predicted octanol–water partition coefficient (Wildman–Crippen LogP) is 6.48. The normalized spacial score (nSPS) is 11.6. The third kappa shape index (κ3) is 5.24. The van der Waals surface area contributed by atoms with Gasteiger partial charge in [-0.3, -0.25) is 9.36 Å². The van der Waals surface area contributed by atoms with Gasteiger partial charge in [-0.05, 0) is 42.0 Å². The van der Waals surface area contributed by atoms with Crippen molar-refractivity contribution >= 4 is 50.1 Å². The Kier molecular flexibility index (Phi) is 7.25. The van der Waals surface area contributed by atoms with Crippen LogP contribution in [0.2, 0.25) is 0 Å². The summed E-state index contributed by atoms with van der Waals surface area (Å²) in [6, 6.07) is 32.0. The second-order valence-electron chi connectivity index (χ2n) is 8.03. The Labute approximate surface area is 221 Å². The molecule has 1 N–H and O–H groups in total. The number of aromatic nitrogens is 3. The minimum absolute atomic E-state index is 0.149. The molecule has 1 aromatic heterocycles. The molecule has 36 heavy (non-hydrogen) atoms. The van der Waals surface area contributed by atoms with Crippen molar-refractivity contribution in [2.24, 2.45) is 5.10 Å². The highest BCUT2D eigenvalue weighted by molar-refractivity contribution is 9.10. The third-order valence-corrected chi connectivity index (χ3v) is 7.07. The van der Waals surface area contributed by atoms with Gasteiger partial charge in [-0.1, -0.05) is 100 Å². The molecule has 0 saturated heterocycles. The van der Waals surface area contributed by atoms with Crippen LogP contribution in [0.25, 0.3) is 27.8 Å². The Balaban J connectivity index is 1.34. The molecule has 0 atom stereocenters. The minimum Gasteiger partial charge on any atom is -0.272 e. The van der Waals surface area contributed by atoms with Crippen LogP contribution in [0.15, 0.2) is 112 Å². The number of halogens is 1. The number of thioether (sulfide) groups is 1. The van der Waals surface area contributed by atoms with Gasteiger partial charge < -0.3 is 0 Å². The van der Waals surface area contributed by atoms with E-state index in [1.54, 1.807) is 0 Å². The van der Waals surface area contributed by atoms with E-state index < -0.39 is 0 Å². The summed E-state index contributed by atoms with van der Waals surface area (Å²) in [6.07, 6.45) is 0. The van der Waals surface area contributed by atoms with E-state index in [0.717, 1.165) is 37.8 Å². The van der Waals surface area contributed by atoms with Crippen molar-refractivity contribution in [1.29, 1.82) is 0 Å². The van der Waals surface area contributed by atoms with E-state index in [1.807, 2.05) is 90.4 Å². The van der Waals surface area contributed by atoms with Crippen molar-refractivity contribution in [2.45, 2.75) is 12.1 Å². The maximum absolute atomic E-state index is 12.7. The molecule has 4 aromatic carbocycles. The van der Waals surface area contributed by atoms with E-state index >= 15 is 0 Å². The maximum Gasteiger partial charge on any atom is 0.250 e. The third-order valence-electron chi connectivity index (χ3n) is 5.61. The number of hydrogen-bond acceptors (Lipinski definition) is 5. The fraction of sp³-hybridized carbons (Fsp3) is 0.0714. The summed E-state index contributed by atoms with van der Waals surface area (Å²) >= 11 is 4.80. The summed E-state index contributed by atoms with van der Waals surface area (Å²) in [5, 5.41) is 16.0. The molecule has 5 aromatic rings. The standard InChI is InChI=1S/C28H22BrN5OS/c1-19(24-13-7-11-20-8-5-6-12-25(20)24)30-31-26(35)18-36-28-33-32-27(21-9-3-2-4-10-21)34(28)23-16-14-22(29)15-17-23/h2-17H,18H2,1H3,(H,31,35)/b30-19-. The minimum atomic E-state index is -0.216. The molecule has 0 bridgehead atoms. The highest BCUT2D eigenvalue weighted by Gasteiger charge is 2.17. The predicted molar refractivity (Wildman–Crippen MR) is 150 cm³/mol. The van der Waals surface area contributed by atoms with E-state index in [2.05, 4.69) is 54.9 Å². The topological polar surface area (TPSA) is 72.2 Å². The zero-order valence-corrected chi connectivity index (χ0v) is 21.8. The molecule has 5 rings (SSSR count). The molecular formula is C28H22BrN5OS. The molecule has 178 valence electrons. The number of carbonyl (C=O) groups is 1. The van der Waals surface area contributed by atoms with Crippen molar-refractivity contribution in [2.75, 3.05) is 5.75 Å². The Bertz CT molecular complexity index is 1540. The van der Waals surface area contributed by atoms with Crippen LogP contribution in [0, 0.1) is 0 Å². The van der Waals surface area contributed by atoms with E-state index in [1.165, 1.54) is 11.8 Å². The highest BCUT2D eigenvalue weighted by atomic mass is 79.9. The van der Waals surface area contributed by atoms with Crippen LogP contribution >= 0.6 is 27.7 Å². The van der Waals surface area contributed by atoms with Crippen molar-refractivity contribution in [3.05, 3.63) is 107 Å². The molecule has 1 amide bonds. The first-order valence-electron chi connectivity index (χ1n) is 11.3. The fourth-order valence-corrected chi connectivity index (χ4v) is 4.88. The van der Waals surface area contributed by atoms with Gasteiger partial charge in [-0.15, -0.1) is 10.2 Å². The molecular weight excluding hydrogens is 534 g/mol. The van der Waals surface area contributed by atoms with Crippen LogP contribution in [0.4, 0.5) is 0 Å². The van der Waals surface area contributed by atoms with Crippen LogP contribution in [0.1, 0.15) is 12.5 Å². The lowest BCUT2D eigenvalue weighted by molar-refractivity contribution is -0.118. The SMILES string of the molecule is C/C(=N/NC(=O)CSc1nnc(-c2ccccc2)n1-c1ccc(Br)cc1)c1cccc2ccccc12. The second kappa shape index (κ2) is 10.9. The smallest absolute Gasteiger partial charge is 0.250 e. The zero-order chi connectivity index (χ0) is 24.9. The van der Waals surface area contributed by atoms with Gasteiger partial charge in [-0.25, -0.2) is 5.43 Å². The van der Waals surface area contributed by atoms with Crippen LogP contribution in [0.3, 0.4) is 0 Å². The first-order valence-corrected chi connectivity index (χ1v) is 13.1. The zero-order valence-electron chi connectivity index (χ0n) is 19.4. The lowest BCUT2D eigenvalue weighted by atomic mass is 10.0. The lowest BCUT2D eigenvalue weighted by Crippen LogP contribution is -2.21. The number of amides is 1. The van der Waals surface area contributed by atoms with E-state index in [-0.39, 0.29) is 11.7 Å². The largest absolute Gasteiger partial charge is 0.272 e. The van der Waals surface area contributed by atoms with Crippen LogP contribution in [0.5, 0.6) is 0 Å². The van der Waals surface area contributed by atoms with Crippen molar-refractivity contribution in [3.8, 4) is 17.1 Å². The number of nitrogens with zero attached hydrogens (tertiary/aromatic N) is 4. The summed E-state index contributed by atoms with van der Waals surface area (Å²) in [5.41, 5.74) is 6.28. The van der Waals surface area contributed by atoms with Gasteiger partial charge in [0.05, 0.1) is 11.5 Å². The number of benzene rings is 4. The van der Waals surface area contributed by atoms with Crippen molar-refractivity contribution < 1.29 is 4.79 Å². The van der Waals surface area contributed by atoms with Gasteiger partial charge in [0.25, 0.3) is 5.91 Å². The number of carbonyl (C=O) groups excluding carboxylic acids is 1. The first-order chi connectivity index (χ1) is 17.6. The molecule has 0 aliphatic carbocycles. The van der Waals surface area contributed by atoms with Crippen LogP contribution < -0.4 is 5.43 Å². The van der Waals surface area contributed by atoms with Gasteiger partial charge in [0.2, 0.25) is 0 Å². The molecule has 0 spiro atoms. The molecule has 0 aliphatic heterocycles. The van der Waals surface area contributed by atoms with Gasteiger partial charge in [0.15, 0.2) is 11.0 Å². The summed E-state index contributed by atoms with van der Waals surface area (Å²) < 4.78 is 2.94. The Morgan fingerprint density at radius 3 is 2.44 bits per heavy atom. The number of rotatable bonds is 7. The average Bonchev–Trinajstić information content (AvgIpc) is 3.35. The highest BCUT2D eigenvalue weighted by Crippen LogP contribution is 2.28. The molecule has 0 saturated carbocycles. The summed E-state index contributed by atoms with van der Waals surface area (Å²) in [5.74, 6) is 0.646. The molecule has 0 aliphatic rings. The number of hydrazone groups is 1. The van der Waals surface area contributed by atoms with Gasteiger partial charge >= 0.3 is 0 Å². The quantitative estimate of drug-likeness (QED) is 0.142. The van der Waals surface area contributed by atoms with Crippen molar-refractivity contribution in [3.63, 3.8) is 0 Å². The summed E-state index contributed by atoms with van der Waals surface area (Å²) in [6.45, 7) is 1.89. The van der Waals surface area contributed by atoms with Gasteiger partial charge in [0, 0.05) is 21.3 Å². The second-order valence-corrected chi connectivity index (χ2v) is 9.89. The molecule has 0 radical (unpaired) electrons. The van der Waals surface area contributed by atoms with E-state index in [0.29, 0.717) is 11.0 Å². The van der Waals surface area contributed by atoms with E-state index in [4.69, 9.17) is 0 Å². The van der Waals surface area contributed by atoms with Gasteiger partial charge in [-0.2, -0.15) is 5.10 Å². The molecule has 0 unspecified atom stereocenters. The number of nitrogens with one attached hydrogen (secondary N) is 1. The molecule has 6 nitrogen and oxygen atoms in total. The summed E-state index contributed by atoms with van der Waals surface area (Å²) in [4.78, 5) is 12.7. The Morgan fingerprint density at radius 1 is 0.917 bits per heavy atom. The van der Waals surface area contributed by atoms with E-state index in [9.17, 15) is 4.79 Å². The fourth-order valence-electron chi connectivity index (χ4n) is 3.87. The number of hydrogen-bond donors (Lipinski definition) is 1. The lowest BCUT2D eigenvalue weighted by Gasteiger charge is -2.10. The van der Waals surface area contributed by atoms with Gasteiger partial charge in [0.1, 0.15) is 0 Å². The Hall–Kier alpha value is -3.75. The Morgan fingerprint density at radius 2 is 1.64 bits per heavy atom. The monoisotopic (exact) mass is 555 g/mol. The molecule has 8 heteroatoms. The molecule has 1 heterocycles. The van der Waals surface area contributed by atoms with Crippen LogP contribution in [-0.4, -0.2) is 32.1 Å². The first kappa shape index (κ1) is 24.0. The average molecular weight is 556 g/mol. The molecule has 0 fully saturated rings. The summed E-state index contributed by atoms with van der Waals surface area (Å²) in [7, 11) is 0.